The number of nitrogens with one attached hydrogen (secondary N) is 1. The zero-order valence-electron chi connectivity index (χ0n) is 13.4. The summed E-state index contributed by atoms with van der Waals surface area (Å²) in [6.07, 6.45) is 0.869. The first-order valence-electron chi connectivity index (χ1n) is 7.79. The van der Waals surface area contributed by atoms with E-state index in [4.69, 9.17) is 0 Å². The fourth-order valence-electron chi connectivity index (χ4n) is 2.69. The number of carbonyl (C=O) groups excluding carboxylic acids is 2. The Bertz CT molecular complexity index is 559. The lowest BCUT2D eigenvalue weighted by molar-refractivity contribution is -0.126. The van der Waals surface area contributed by atoms with Gasteiger partial charge >= 0.3 is 0 Å². The molecule has 2 N–H and O–H groups in total. The van der Waals surface area contributed by atoms with Crippen molar-refractivity contribution < 1.29 is 14.7 Å². The Labute approximate surface area is 131 Å². The third-order valence-corrected chi connectivity index (χ3v) is 4.55. The van der Waals surface area contributed by atoms with Crippen molar-refractivity contribution in [1.82, 2.24) is 10.2 Å². The fourth-order valence-corrected chi connectivity index (χ4v) is 2.69. The quantitative estimate of drug-likeness (QED) is 0.838. The van der Waals surface area contributed by atoms with Gasteiger partial charge in [0.2, 0.25) is 5.91 Å². The van der Waals surface area contributed by atoms with E-state index >= 15 is 0 Å². The van der Waals surface area contributed by atoms with Gasteiger partial charge in [0.05, 0.1) is 12.6 Å². The van der Waals surface area contributed by atoms with Crippen LogP contribution in [-0.2, 0) is 11.3 Å². The predicted molar refractivity (Wildman–Crippen MR) is 84.2 cm³/mol. The van der Waals surface area contributed by atoms with Crippen LogP contribution in [0.15, 0.2) is 24.3 Å². The second-order valence-electron chi connectivity index (χ2n) is 5.95. The van der Waals surface area contributed by atoms with Crippen LogP contribution in [0.3, 0.4) is 0 Å². The molecule has 0 aromatic heterocycles. The van der Waals surface area contributed by atoms with Crippen molar-refractivity contribution in [1.29, 1.82) is 0 Å². The SMILES string of the molecule is CC[C@@H](C)[C@@H](CO)NC(=O)[C@H](C)N1Cc2ccccc2C1=O. The van der Waals surface area contributed by atoms with Gasteiger partial charge in [-0.25, -0.2) is 0 Å². The van der Waals surface area contributed by atoms with Crippen LogP contribution in [0.2, 0.25) is 0 Å². The number of aliphatic hydroxyl groups excluding tert-OH is 1. The van der Waals surface area contributed by atoms with E-state index in [1.165, 1.54) is 0 Å². The van der Waals surface area contributed by atoms with Crippen LogP contribution in [0.25, 0.3) is 0 Å². The van der Waals surface area contributed by atoms with Gasteiger partial charge in [0.25, 0.3) is 5.91 Å². The van der Waals surface area contributed by atoms with Gasteiger partial charge in [0.15, 0.2) is 0 Å². The van der Waals surface area contributed by atoms with Gasteiger partial charge < -0.3 is 15.3 Å². The highest BCUT2D eigenvalue weighted by atomic mass is 16.3. The highest BCUT2D eigenvalue weighted by Crippen LogP contribution is 2.24. The maximum absolute atomic E-state index is 12.4. The Hall–Kier alpha value is -1.88. The fraction of sp³-hybridized carbons (Fsp3) is 0.529. The molecular weight excluding hydrogens is 280 g/mol. The van der Waals surface area contributed by atoms with E-state index in [0.29, 0.717) is 12.1 Å². The Balaban J connectivity index is 2.05. The van der Waals surface area contributed by atoms with Crippen molar-refractivity contribution in [3.63, 3.8) is 0 Å². The highest BCUT2D eigenvalue weighted by molar-refractivity contribution is 6.01. The van der Waals surface area contributed by atoms with Crippen LogP contribution < -0.4 is 5.32 Å². The molecule has 0 saturated carbocycles. The molecule has 0 radical (unpaired) electrons. The lowest BCUT2D eigenvalue weighted by atomic mass is 9.99. The van der Waals surface area contributed by atoms with E-state index in [1.54, 1.807) is 17.9 Å². The van der Waals surface area contributed by atoms with E-state index in [-0.39, 0.29) is 30.4 Å². The number of aliphatic hydroxyl groups is 1. The molecule has 22 heavy (non-hydrogen) atoms. The highest BCUT2D eigenvalue weighted by Gasteiger charge is 2.34. The number of carbonyl (C=O) groups is 2. The molecule has 3 atom stereocenters. The lowest BCUT2D eigenvalue weighted by Crippen LogP contribution is -2.51. The summed E-state index contributed by atoms with van der Waals surface area (Å²) < 4.78 is 0. The van der Waals surface area contributed by atoms with Gasteiger partial charge in [-0.1, -0.05) is 38.5 Å². The number of nitrogens with zero attached hydrogens (tertiary/aromatic N) is 1. The normalized spacial score (nSPS) is 17.8. The van der Waals surface area contributed by atoms with Crippen molar-refractivity contribution in [3.05, 3.63) is 35.4 Å². The molecular formula is C17H24N2O3. The third-order valence-electron chi connectivity index (χ3n) is 4.55. The zero-order valence-corrected chi connectivity index (χ0v) is 13.4. The molecule has 2 rings (SSSR count). The molecule has 0 saturated heterocycles. The third kappa shape index (κ3) is 3.14. The summed E-state index contributed by atoms with van der Waals surface area (Å²) in [7, 11) is 0. The van der Waals surface area contributed by atoms with E-state index in [1.807, 2.05) is 32.0 Å². The minimum Gasteiger partial charge on any atom is -0.394 e. The number of hydrogen-bond donors (Lipinski definition) is 2. The second-order valence-corrected chi connectivity index (χ2v) is 5.95. The van der Waals surface area contributed by atoms with Gasteiger partial charge in [0.1, 0.15) is 6.04 Å². The zero-order chi connectivity index (χ0) is 16.3. The number of hydrogen-bond acceptors (Lipinski definition) is 3. The summed E-state index contributed by atoms with van der Waals surface area (Å²) in [6, 6.07) is 6.59. The molecule has 0 spiro atoms. The van der Waals surface area contributed by atoms with E-state index < -0.39 is 6.04 Å². The molecule has 1 heterocycles. The molecule has 0 bridgehead atoms. The molecule has 0 aliphatic carbocycles. The van der Waals surface area contributed by atoms with Gasteiger partial charge in [-0.05, 0) is 24.5 Å². The molecule has 1 aliphatic heterocycles. The van der Waals surface area contributed by atoms with Crippen LogP contribution >= 0.6 is 0 Å². The van der Waals surface area contributed by atoms with Crippen LogP contribution in [0.5, 0.6) is 0 Å². The summed E-state index contributed by atoms with van der Waals surface area (Å²) in [5, 5.41) is 12.3. The van der Waals surface area contributed by atoms with Crippen LogP contribution in [0.1, 0.15) is 43.1 Å². The number of fused-ring (bicyclic) bond motifs is 1. The van der Waals surface area contributed by atoms with Crippen molar-refractivity contribution in [2.75, 3.05) is 6.61 Å². The number of rotatable bonds is 6. The first kappa shape index (κ1) is 16.5. The molecule has 5 heteroatoms. The monoisotopic (exact) mass is 304 g/mol. The molecule has 0 fully saturated rings. The molecule has 2 amide bonds. The maximum atomic E-state index is 12.4. The standard InChI is InChI=1S/C17H24N2O3/c1-4-11(2)15(10-20)18-16(21)12(3)19-9-13-7-5-6-8-14(13)17(19)22/h5-8,11-12,15,20H,4,9-10H2,1-3H3,(H,18,21)/t11-,12+,15-/m1/s1. The van der Waals surface area contributed by atoms with Crippen molar-refractivity contribution in [3.8, 4) is 0 Å². The average Bonchev–Trinajstić information content (AvgIpc) is 2.88. The summed E-state index contributed by atoms with van der Waals surface area (Å²) in [6.45, 7) is 6.09. The van der Waals surface area contributed by atoms with Crippen LogP contribution in [0.4, 0.5) is 0 Å². The van der Waals surface area contributed by atoms with Gasteiger partial charge in [-0.3, -0.25) is 9.59 Å². The molecule has 1 aliphatic rings. The van der Waals surface area contributed by atoms with Gasteiger partial charge in [-0.15, -0.1) is 0 Å². The van der Waals surface area contributed by atoms with Gasteiger partial charge in [0, 0.05) is 12.1 Å². The molecule has 120 valence electrons. The first-order chi connectivity index (χ1) is 10.5. The predicted octanol–water partition coefficient (Wildman–Crippen LogP) is 1.55. The maximum Gasteiger partial charge on any atom is 0.255 e. The molecule has 1 aromatic carbocycles. The lowest BCUT2D eigenvalue weighted by Gasteiger charge is -2.28. The van der Waals surface area contributed by atoms with Crippen molar-refractivity contribution >= 4 is 11.8 Å². The molecule has 5 nitrogen and oxygen atoms in total. The largest absolute Gasteiger partial charge is 0.394 e. The summed E-state index contributed by atoms with van der Waals surface area (Å²) >= 11 is 0. The topological polar surface area (TPSA) is 69.6 Å². The minimum atomic E-state index is -0.557. The van der Waals surface area contributed by atoms with E-state index in [9.17, 15) is 14.7 Å². The second kappa shape index (κ2) is 6.92. The average molecular weight is 304 g/mol. The summed E-state index contributed by atoms with van der Waals surface area (Å²) in [5.74, 6) is -0.143. The Morgan fingerprint density at radius 1 is 1.36 bits per heavy atom. The van der Waals surface area contributed by atoms with E-state index in [2.05, 4.69) is 5.32 Å². The Morgan fingerprint density at radius 3 is 2.64 bits per heavy atom. The van der Waals surface area contributed by atoms with Crippen LogP contribution in [-0.4, -0.2) is 40.5 Å². The Kier molecular flexibility index (Phi) is 5.19. The molecule has 0 unspecified atom stereocenters. The summed E-state index contributed by atoms with van der Waals surface area (Å²) in [4.78, 5) is 26.4. The van der Waals surface area contributed by atoms with Crippen molar-refractivity contribution in [2.24, 2.45) is 5.92 Å². The van der Waals surface area contributed by atoms with Crippen LogP contribution in [0, 0.1) is 5.92 Å². The van der Waals surface area contributed by atoms with E-state index in [0.717, 1.165) is 12.0 Å². The Morgan fingerprint density at radius 2 is 2.05 bits per heavy atom. The minimum absolute atomic E-state index is 0.0956. The van der Waals surface area contributed by atoms with Gasteiger partial charge in [-0.2, -0.15) is 0 Å². The smallest absolute Gasteiger partial charge is 0.255 e. The number of benzene rings is 1. The summed E-state index contributed by atoms with van der Waals surface area (Å²) in [5.41, 5.74) is 1.62. The molecule has 1 aromatic rings. The first-order valence-corrected chi connectivity index (χ1v) is 7.79. The number of amides is 2. The van der Waals surface area contributed by atoms with Crippen molar-refractivity contribution in [2.45, 2.75) is 45.8 Å².